The van der Waals surface area contributed by atoms with E-state index in [1.54, 1.807) is 10.4 Å². The van der Waals surface area contributed by atoms with Gasteiger partial charge >= 0.3 is 0 Å². The SMILES string of the molecule is C[Si]1(C)C[Si](c2ccccc2)(c2ccccc2)C1. The van der Waals surface area contributed by atoms with Crippen molar-refractivity contribution in [2.75, 3.05) is 0 Å². The van der Waals surface area contributed by atoms with Crippen LogP contribution in [0, 0.1) is 0 Å². The van der Waals surface area contributed by atoms with Gasteiger partial charge in [0.15, 0.2) is 0 Å². The second-order valence-electron chi connectivity index (χ2n) is 6.33. The molecular formula is C16H20Si2. The molecule has 2 heteroatoms. The molecule has 0 aliphatic carbocycles. The van der Waals surface area contributed by atoms with Gasteiger partial charge in [0.05, 0.1) is 0 Å². The van der Waals surface area contributed by atoms with Gasteiger partial charge in [-0.05, 0) is 0 Å². The lowest BCUT2D eigenvalue weighted by molar-refractivity contribution is 1.38. The first-order chi connectivity index (χ1) is 8.62. The highest BCUT2D eigenvalue weighted by molar-refractivity contribution is 7.23. The Labute approximate surface area is 112 Å². The van der Waals surface area contributed by atoms with Crippen LogP contribution in [-0.2, 0) is 0 Å². The third-order valence-electron chi connectivity index (χ3n) is 4.21. The van der Waals surface area contributed by atoms with Crippen LogP contribution in [0.25, 0.3) is 0 Å². The van der Waals surface area contributed by atoms with E-state index in [4.69, 9.17) is 0 Å². The summed E-state index contributed by atoms with van der Waals surface area (Å²) >= 11 is 0. The van der Waals surface area contributed by atoms with E-state index in [0.717, 1.165) is 0 Å². The van der Waals surface area contributed by atoms with E-state index in [0.29, 0.717) is 0 Å². The van der Waals surface area contributed by atoms with Crippen molar-refractivity contribution in [2.24, 2.45) is 0 Å². The fourth-order valence-electron chi connectivity index (χ4n) is 3.67. The summed E-state index contributed by atoms with van der Waals surface area (Å²) in [5, 5.41) is 3.28. The lowest BCUT2D eigenvalue weighted by Gasteiger charge is -2.51. The fraction of sp³-hybridized carbons (Fsp3) is 0.250. The molecule has 3 rings (SSSR count). The van der Waals surface area contributed by atoms with Gasteiger partial charge in [-0.1, -0.05) is 95.5 Å². The van der Waals surface area contributed by atoms with E-state index < -0.39 is 16.1 Å². The molecule has 2 aromatic rings. The first kappa shape index (κ1) is 11.9. The number of rotatable bonds is 2. The minimum Gasteiger partial charge on any atom is -0.0697 e. The van der Waals surface area contributed by atoms with E-state index in [9.17, 15) is 0 Å². The highest BCUT2D eigenvalue weighted by Gasteiger charge is 2.53. The van der Waals surface area contributed by atoms with Crippen LogP contribution >= 0.6 is 0 Å². The zero-order chi connectivity index (χ0) is 12.6. The Bertz CT molecular complexity index is 482. The minimum atomic E-state index is -1.37. The summed E-state index contributed by atoms with van der Waals surface area (Å²) in [5.74, 6) is 0. The molecule has 2 aromatic carbocycles. The van der Waals surface area contributed by atoms with E-state index in [1.165, 1.54) is 11.3 Å². The summed E-state index contributed by atoms with van der Waals surface area (Å²) in [6, 6.07) is 22.6. The van der Waals surface area contributed by atoms with Crippen molar-refractivity contribution in [1.29, 1.82) is 0 Å². The fourth-order valence-corrected chi connectivity index (χ4v) is 21.6. The van der Waals surface area contributed by atoms with Crippen LogP contribution in [0.1, 0.15) is 0 Å². The molecular weight excluding hydrogens is 248 g/mol. The monoisotopic (exact) mass is 268 g/mol. The largest absolute Gasteiger partial charge is 0.113 e. The number of hydrogen-bond donors (Lipinski definition) is 0. The van der Waals surface area contributed by atoms with Crippen molar-refractivity contribution < 1.29 is 0 Å². The van der Waals surface area contributed by atoms with Gasteiger partial charge < -0.3 is 0 Å². The average Bonchev–Trinajstić information content (AvgIpc) is 2.37. The molecule has 0 aromatic heterocycles. The Hall–Kier alpha value is -1.13. The maximum atomic E-state index is 2.55. The molecule has 1 aliphatic rings. The van der Waals surface area contributed by atoms with Crippen LogP contribution in [0.15, 0.2) is 60.7 Å². The molecule has 1 aliphatic heterocycles. The average molecular weight is 269 g/mol. The molecule has 0 bridgehead atoms. The van der Waals surface area contributed by atoms with Crippen LogP contribution < -0.4 is 10.4 Å². The maximum Gasteiger partial charge on any atom is 0.113 e. The van der Waals surface area contributed by atoms with Gasteiger partial charge in [0.2, 0.25) is 0 Å². The van der Waals surface area contributed by atoms with Crippen LogP contribution in [0.5, 0.6) is 0 Å². The van der Waals surface area contributed by atoms with E-state index in [2.05, 4.69) is 73.8 Å². The van der Waals surface area contributed by atoms with E-state index in [1.807, 2.05) is 0 Å². The van der Waals surface area contributed by atoms with Crippen molar-refractivity contribution in [3.63, 3.8) is 0 Å². The van der Waals surface area contributed by atoms with Crippen molar-refractivity contribution in [3.8, 4) is 0 Å². The van der Waals surface area contributed by atoms with Gasteiger partial charge in [-0.25, -0.2) is 0 Å². The summed E-state index contributed by atoms with van der Waals surface area (Å²) < 4.78 is 0. The first-order valence-corrected chi connectivity index (χ1v) is 12.6. The molecule has 1 fully saturated rings. The van der Waals surface area contributed by atoms with Crippen LogP contribution in [0.3, 0.4) is 0 Å². The third-order valence-corrected chi connectivity index (χ3v) is 19.6. The Balaban J connectivity index is 2.07. The molecule has 0 spiro atoms. The second-order valence-corrected chi connectivity index (χ2v) is 16.8. The summed E-state index contributed by atoms with van der Waals surface area (Å²) in [7, 11) is -2.26. The summed E-state index contributed by atoms with van der Waals surface area (Å²) in [6.45, 7) is 5.09. The predicted molar refractivity (Wildman–Crippen MR) is 85.0 cm³/mol. The molecule has 18 heavy (non-hydrogen) atoms. The lowest BCUT2D eigenvalue weighted by Crippen LogP contribution is -2.72. The van der Waals surface area contributed by atoms with Gasteiger partial charge in [0, 0.05) is 8.07 Å². The Kier molecular flexibility index (Phi) is 2.79. The quantitative estimate of drug-likeness (QED) is 0.735. The molecule has 0 radical (unpaired) electrons. The summed E-state index contributed by atoms with van der Waals surface area (Å²) in [6.07, 6.45) is 0. The van der Waals surface area contributed by atoms with Crippen molar-refractivity contribution in [2.45, 2.75) is 24.4 Å². The first-order valence-electron chi connectivity index (χ1n) is 6.74. The Morgan fingerprint density at radius 1 is 0.667 bits per heavy atom. The van der Waals surface area contributed by atoms with Crippen LogP contribution in [0.4, 0.5) is 0 Å². The predicted octanol–water partition coefficient (Wildman–Crippen LogP) is 3.05. The molecule has 1 saturated heterocycles. The van der Waals surface area contributed by atoms with Gasteiger partial charge in [-0.3, -0.25) is 0 Å². The number of benzene rings is 2. The highest BCUT2D eigenvalue weighted by atomic mass is 28.5. The molecule has 1 heterocycles. The van der Waals surface area contributed by atoms with Crippen LogP contribution in [0.2, 0.25) is 24.4 Å². The van der Waals surface area contributed by atoms with Crippen molar-refractivity contribution >= 4 is 26.5 Å². The van der Waals surface area contributed by atoms with Gasteiger partial charge in [-0.15, -0.1) is 0 Å². The number of hydrogen-bond acceptors (Lipinski definition) is 0. The van der Waals surface area contributed by atoms with Gasteiger partial charge in [0.1, 0.15) is 8.07 Å². The summed E-state index contributed by atoms with van der Waals surface area (Å²) in [4.78, 5) is 0. The summed E-state index contributed by atoms with van der Waals surface area (Å²) in [5.41, 5.74) is 3.04. The smallest absolute Gasteiger partial charge is 0.0697 e. The molecule has 92 valence electrons. The van der Waals surface area contributed by atoms with Crippen LogP contribution in [-0.4, -0.2) is 16.1 Å². The molecule has 0 amide bonds. The Morgan fingerprint density at radius 2 is 1.06 bits per heavy atom. The molecule has 0 atom stereocenters. The lowest BCUT2D eigenvalue weighted by atomic mass is 10.4. The zero-order valence-electron chi connectivity index (χ0n) is 11.2. The molecule has 0 unspecified atom stereocenters. The minimum absolute atomic E-state index is 0.890. The normalized spacial score (nSPS) is 20.1. The zero-order valence-corrected chi connectivity index (χ0v) is 13.2. The van der Waals surface area contributed by atoms with Gasteiger partial charge in [-0.2, -0.15) is 0 Å². The topological polar surface area (TPSA) is 0 Å². The third kappa shape index (κ3) is 1.89. The van der Waals surface area contributed by atoms with Crippen molar-refractivity contribution in [1.82, 2.24) is 0 Å². The molecule has 0 N–H and O–H groups in total. The van der Waals surface area contributed by atoms with E-state index in [-0.39, 0.29) is 0 Å². The van der Waals surface area contributed by atoms with Gasteiger partial charge in [0.25, 0.3) is 0 Å². The standard InChI is InChI=1S/C16H20Si2/c1-17(2)13-18(14-17,15-9-5-3-6-10-15)16-11-7-4-8-12-16/h3-12H,13-14H2,1-2H3. The maximum absolute atomic E-state index is 2.55. The molecule has 0 saturated carbocycles. The van der Waals surface area contributed by atoms with E-state index >= 15 is 0 Å². The second kappa shape index (κ2) is 4.21. The Morgan fingerprint density at radius 3 is 1.39 bits per heavy atom. The highest BCUT2D eigenvalue weighted by Crippen LogP contribution is 2.39. The molecule has 0 nitrogen and oxygen atoms in total. The van der Waals surface area contributed by atoms with Crippen molar-refractivity contribution in [3.05, 3.63) is 60.7 Å².